The first kappa shape index (κ1) is 25.2. The van der Waals surface area contributed by atoms with E-state index in [-0.39, 0.29) is 15.6 Å². The summed E-state index contributed by atoms with van der Waals surface area (Å²) in [7, 11) is -2.29. The molecule has 1 N–H and O–H groups in total. The van der Waals surface area contributed by atoms with Gasteiger partial charge in [-0.05, 0) is 69.2 Å². The van der Waals surface area contributed by atoms with Gasteiger partial charge >= 0.3 is 0 Å². The van der Waals surface area contributed by atoms with Gasteiger partial charge in [0.05, 0.1) is 18.2 Å². The molecule has 0 atom stereocenters. The third-order valence-electron chi connectivity index (χ3n) is 5.81. The molecule has 3 aromatic carbocycles. The maximum Gasteiger partial charge on any atom is 0.211 e. The first-order valence-corrected chi connectivity index (χ1v) is 13.0. The molecule has 0 unspecified atom stereocenters. The van der Waals surface area contributed by atoms with E-state index < -0.39 is 9.84 Å². The van der Waals surface area contributed by atoms with Gasteiger partial charge in [-0.25, -0.2) is 18.4 Å². The maximum absolute atomic E-state index is 13.6. The second-order valence-corrected chi connectivity index (χ2v) is 10.5. The minimum absolute atomic E-state index is 0.00941. The van der Waals surface area contributed by atoms with Gasteiger partial charge in [-0.1, -0.05) is 35.9 Å². The highest BCUT2D eigenvalue weighted by Crippen LogP contribution is 2.32. The molecule has 0 aliphatic carbocycles. The quantitative estimate of drug-likeness (QED) is 0.321. The minimum Gasteiger partial charge on any atom is -0.496 e. The summed E-state index contributed by atoms with van der Waals surface area (Å²) in [5.41, 5.74) is 4.86. The third-order valence-corrected chi connectivity index (χ3v) is 7.58. The first-order valence-electron chi connectivity index (χ1n) is 11.5. The van der Waals surface area contributed by atoms with Gasteiger partial charge < -0.3 is 14.8 Å². The molecule has 0 saturated carbocycles. The highest BCUT2D eigenvalue weighted by Gasteiger charge is 2.24. The summed E-state index contributed by atoms with van der Waals surface area (Å²) in [6, 6.07) is 18.0. The molecule has 0 fully saturated rings. The van der Waals surface area contributed by atoms with Crippen LogP contribution in [-0.2, 0) is 16.4 Å². The molecule has 8 heteroatoms. The van der Waals surface area contributed by atoms with Crippen LogP contribution in [0.5, 0.6) is 11.5 Å². The summed E-state index contributed by atoms with van der Waals surface area (Å²) in [5, 5.41) is 3.25. The zero-order chi connectivity index (χ0) is 25.9. The van der Waals surface area contributed by atoms with Crippen LogP contribution in [0, 0.1) is 27.7 Å². The van der Waals surface area contributed by atoms with E-state index in [0.29, 0.717) is 18.2 Å². The zero-order valence-electron chi connectivity index (χ0n) is 21.0. The lowest BCUT2D eigenvalue weighted by atomic mass is 10.1. The molecular formula is C28H29N3O4S. The molecule has 186 valence electrons. The number of hydrogen-bond acceptors (Lipinski definition) is 7. The van der Waals surface area contributed by atoms with Crippen LogP contribution in [0.2, 0.25) is 0 Å². The largest absolute Gasteiger partial charge is 0.496 e. The molecular weight excluding hydrogens is 474 g/mol. The number of nitrogens with one attached hydrogen (secondary N) is 1. The highest BCUT2D eigenvalue weighted by atomic mass is 32.2. The van der Waals surface area contributed by atoms with E-state index in [4.69, 9.17) is 9.47 Å². The predicted octanol–water partition coefficient (Wildman–Crippen LogP) is 5.87. The van der Waals surface area contributed by atoms with Crippen molar-refractivity contribution in [2.24, 2.45) is 0 Å². The van der Waals surface area contributed by atoms with Gasteiger partial charge in [0.15, 0.2) is 5.82 Å². The van der Waals surface area contributed by atoms with E-state index in [1.807, 2.05) is 57.2 Å². The number of para-hydroxylation sites is 1. The molecule has 1 aromatic heterocycles. The van der Waals surface area contributed by atoms with Gasteiger partial charge in [0.2, 0.25) is 9.84 Å². The topological polar surface area (TPSA) is 90.4 Å². The van der Waals surface area contributed by atoms with Crippen molar-refractivity contribution in [3.8, 4) is 11.5 Å². The summed E-state index contributed by atoms with van der Waals surface area (Å²) < 4.78 is 38.4. The van der Waals surface area contributed by atoms with Crippen molar-refractivity contribution < 1.29 is 17.9 Å². The van der Waals surface area contributed by atoms with Crippen LogP contribution >= 0.6 is 0 Å². The number of benzene rings is 3. The molecule has 0 bridgehead atoms. The number of rotatable bonds is 8. The van der Waals surface area contributed by atoms with Gasteiger partial charge in [-0.3, -0.25) is 0 Å². The first-order chi connectivity index (χ1) is 17.2. The second-order valence-electron chi connectivity index (χ2n) is 8.60. The lowest BCUT2D eigenvalue weighted by Gasteiger charge is -2.16. The summed E-state index contributed by atoms with van der Waals surface area (Å²) in [6.45, 7) is 8.01. The zero-order valence-corrected chi connectivity index (χ0v) is 21.8. The molecule has 0 radical (unpaired) electrons. The summed E-state index contributed by atoms with van der Waals surface area (Å²) in [6.07, 6.45) is 1.35. The van der Waals surface area contributed by atoms with Gasteiger partial charge in [0, 0.05) is 11.3 Å². The number of hydrogen-bond donors (Lipinski definition) is 1. The predicted molar refractivity (Wildman–Crippen MR) is 140 cm³/mol. The summed E-state index contributed by atoms with van der Waals surface area (Å²) in [5.74, 6) is 1.99. The molecule has 36 heavy (non-hydrogen) atoms. The van der Waals surface area contributed by atoms with Gasteiger partial charge in [-0.15, -0.1) is 0 Å². The van der Waals surface area contributed by atoms with Gasteiger partial charge in [-0.2, -0.15) is 0 Å². The Morgan fingerprint density at radius 2 is 1.58 bits per heavy atom. The van der Waals surface area contributed by atoms with Gasteiger partial charge in [0.25, 0.3) is 0 Å². The van der Waals surface area contributed by atoms with Crippen LogP contribution in [0.4, 0.5) is 11.5 Å². The second kappa shape index (κ2) is 10.4. The summed E-state index contributed by atoms with van der Waals surface area (Å²) in [4.78, 5) is 8.72. The van der Waals surface area contributed by atoms with E-state index in [9.17, 15) is 8.42 Å². The fourth-order valence-corrected chi connectivity index (χ4v) is 5.36. The van der Waals surface area contributed by atoms with Crippen molar-refractivity contribution in [1.29, 1.82) is 0 Å². The van der Waals surface area contributed by atoms with Crippen LogP contribution < -0.4 is 14.8 Å². The Morgan fingerprint density at radius 3 is 2.25 bits per heavy atom. The number of nitrogens with zero attached hydrogens (tertiary/aromatic N) is 2. The number of aryl methyl sites for hydroxylation is 4. The molecule has 1 heterocycles. The maximum atomic E-state index is 13.6. The lowest BCUT2D eigenvalue weighted by Crippen LogP contribution is -2.10. The average molecular weight is 504 g/mol. The standard InChI is InChI=1S/C28H29N3O4S/c1-18-14-19(2)27(20(3)15-18)31-28-26(16-29-21(4)30-28)36(32,33)24-12-10-23(11-13-24)35-17-22-8-6-7-9-25(22)34-5/h6-16H,17H2,1-5H3,(H,29,30,31). The third kappa shape index (κ3) is 5.33. The number of anilines is 2. The molecule has 0 aliphatic heterocycles. The van der Waals surface area contributed by atoms with Crippen LogP contribution in [-0.4, -0.2) is 25.5 Å². The molecule has 0 spiro atoms. The number of sulfone groups is 1. The van der Waals surface area contributed by atoms with E-state index in [0.717, 1.165) is 33.7 Å². The lowest BCUT2D eigenvalue weighted by molar-refractivity contribution is 0.296. The van der Waals surface area contributed by atoms with Crippen molar-refractivity contribution >= 4 is 21.3 Å². The van der Waals surface area contributed by atoms with E-state index in [1.54, 1.807) is 26.2 Å². The van der Waals surface area contributed by atoms with Crippen molar-refractivity contribution in [3.63, 3.8) is 0 Å². The Labute approximate surface area is 212 Å². The van der Waals surface area contributed by atoms with E-state index in [1.165, 1.54) is 18.3 Å². The fourth-order valence-electron chi connectivity index (χ4n) is 4.07. The Hall–Kier alpha value is -3.91. The summed E-state index contributed by atoms with van der Waals surface area (Å²) >= 11 is 0. The van der Waals surface area contributed by atoms with Crippen molar-refractivity contribution in [2.45, 2.75) is 44.1 Å². The monoisotopic (exact) mass is 503 g/mol. The average Bonchev–Trinajstić information content (AvgIpc) is 2.85. The molecule has 0 aliphatic rings. The van der Waals surface area contributed by atoms with Gasteiger partial charge in [0.1, 0.15) is 28.8 Å². The number of ether oxygens (including phenoxy) is 2. The van der Waals surface area contributed by atoms with Crippen LogP contribution in [0.1, 0.15) is 28.1 Å². The fraction of sp³-hybridized carbons (Fsp3) is 0.214. The smallest absolute Gasteiger partial charge is 0.211 e. The molecule has 0 amide bonds. The molecule has 7 nitrogen and oxygen atoms in total. The minimum atomic E-state index is -3.90. The van der Waals surface area contributed by atoms with Crippen LogP contribution in [0.3, 0.4) is 0 Å². The van der Waals surface area contributed by atoms with Crippen LogP contribution in [0.15, 0.2) is 76.7 Å². The van der Waals surface area contributed by atoms with E-state index >= 15 is 0 Å². The Kier molecular flexibility index (Phi) is 7.26. The number of aromatic nitrogens is 2. The Balaban J connectivity index is 1.61. The Bertz CT molecular complexity index is 1480. The van der Waals surface area contributed by atoms with Crippen LogP contribution in [0.25, 0.3) is 0 Å². The van der Waals surface area contributed by atoms with E-state index in [2.05, 4.69) is 15.3 Å². The van der Waals surface area contributed by atoms with Crippen molar-refractivity contribution in [1.82, 2.24) is 9.97 Å². The Morgan fingerprint density at radius 1 is 0.917 bits per heavy atom. The molecule has 4 aromatic rings. The molecule has 4 rings (SSSR count). The normalized spacial score (nSPS) is 11.2. The molecule has 0 saturated heterocycles. The number of methoxy groups -OCH3 is 1. The van der Waals surface area contributed by atoms with Crippen molar-refractivity contribution in [2.75, 3.05) is 12.4 Å². The highest BCUT2D eigenvalue weighted by molar-refractivity contribution is 7.91. The SMILES string of the molecule is COc1ccccc1COc1ccc(S(=O)(=O)c2cnc(C)nc2Nc2c(C)cc(C)cc2C)cc1. The van der Waals surface area contributed by atoms with Crippen molar-refractivity contribution in [3.05, 3.63) is 94.9 Å².